The van der Waals surface area contributed by atoms with E-state index < -0.39 is 0 Å². The average Bonchev–Trinajstić information content (AvgIpc) is 3.08. The van der Waals surface area contributed by atoms with Gasteiger partial charge in [0.15, 0.2) is 0 Å². The molecule has 0 bridgehead atoms. The summed E-state index contributed by atoms with van der Waals surface area (Å²) in [5.41, 5.74) is 0.859. The highest BCUT2D eigenvalue weighted by Crippen LogP contribution is 2.54. The summed E-state index contributed by atoms with van der Waals surface area (Å²) in [5.74, 6) is 1.50. The van der Waals surface area contributed by atoms with Gasteiger partial charge in [0.2, 0.25) is 0 Å². The molecule has 3 aliphatic rings. The number of amides is 1. The van der Waals surface area contributed by atoms with Crippen molar-refractivity contribution in [3.8, 4) is 0 Å². The van der Waals surface area contributed by atoms with Crippen LogP contribution in [0, 0.1) is 5.41 Å². The van der Waals surface area contributed by atoms with Crippen LogP contribution in [0.4, 0.5) is 0 Å². The lowest BCUT2D eigenvalue weighted by Gasteiger charge is -2.29. The van der Waals surface area contributed by atoms with Gasteiger partial charge in [-0.15, -0.1) is 22.6 Å². The van der Waals surface area contributed by atoms with E-state index in [0.717, 1.165) is 18.9 Å². The number of halogens is 1. The second kappa shape index (κ2) is 6.65. The molecule has 7 heteroatoms. The Morgan fingerprint density at radius 1 is 1.23 bits per heavy atom. The maximum Gasteiger partial charge on any atom is 0.255 e. The predicted octanol–water partition coefficient (Wildman–Crippen LogP) is 3.23. The normalized spacial score (nSPS) is 24.0. The van der Waals surface area contributed by atoms with Crippen molar-refractivity contribution >= 4 is 18.3 Å². The van der Waals surface area contributed by atoms with Crippen LogP contribution < -0.4 is 0 Å². The molecule has 2 aliphatic carbocycles. The molecule has 2 saturated carbocycles. The summed E-state index contributed by atoms with van der Waals surface area (Å²) in [6.07, 6.45) is 12.6. The van der Waals surface area contributed by atoms with Crippen LogP contribution >= 0.6 is 12.4 Å². The summed E-state index contributed by atoms with van der Waals surface area (Å²) in [6, 6.07) is 4.26. The second-order valence-corrected chi connectivity index (χ2v) is 7.88. The first kappa shape index (κ1) is 17.5. The molecule has 1 spiro atoms. The predicted molar refractivity (Wildman–Crippen MR) is 99.3 cm³/mol. The Labute approximate surface area is 159 Å². The van der Waals surface area contributed by atoms with Crippen molar-refractivity contribution in [2.45, 2.75) is 50.5 Å². The van der Waals surface area contributed by atoms with Crippen LogP contribution in [-0.4, -0.2) is 43.6 Å². The Kier molecular flexibility index (Phi) is 4.47. The standard InChI is InChI=1S/C19H23N5O.ClH/c25-18(14-4-3-9-20-10-14)23-11-16(19(12-23)7-1-2-8-19)17-22-21-13-24(17)15-5-6-15;/h3-4,9-10,13,15-16H,1-2,5-8,11-12H2;1H. The van der Waals surface area contributed by atoms with E-state index in [1.54, 1.807) is 12.4 Å². The summed E-state index contributed by atoms with van der Waals surface area (Å²) in [4.78, 5) is 19.1. The molecule has 1 amide bonds. The Hall–Kier alpha value is -1.95. The summed E-state index contributed by atoms with van der Waals surface area (Å²) in [5, 5.41) is 8.72. The topological polar surface area (TPSA) is 63.9 Å². The van der Waals surface area contributed by atoms with Gasteiger partial charge in [-0.05, 0) is 43.2 Å². The molecule has 1 atom stereocenters. The third kappa shape index (κ3) is 2.80. The monoisotopic (exact) mass is 373 g/mol. The van der Waals surface area contributed by atoms with Gasteiger partial charge >= 0.3 is 0 Å². The van der Waals surface area contributed by atoms with E-state index in [0.29, 0.717) is 17.5 Å². The minimum absolute atomic E-state index is 0. The van der Waals surface area contributed by atoms with Gasteiger partial charge in [-0.2, -0.15) is 0 Å². The molecule has 6 nitrogen and oxygen atoms in total. The molecule has 0 aromatic carbocycles. The first-order chi connectivity index (χ1) is 12.3. The molecule has 1 aliphatic heterocycles. The number of carbonyl (C=O) groups is 1. The smallest absolute Gasteiger partial charge is 0.255 e. The first-order valence-corrected chi connectivity index (χ1v) is 9.36. The van der Waals surface area contributed by atoms with E-state index >= 15 is 0 Å². The highest BCUT2D eigenvalue weighted by molar-refractivity contribution is 5.94. The van der Waals surface area contributed by atoms with Crippen molar-refractivity contribution < 1.29 is 4.79 Å². The van der Waals surface area contributed by atoms with E-state index in [1.165, 1.54) is 38.5 Å². The van der Waals surface area contributed by atoms with E-state index in [1.807, 2.05) is 23.4 Å². The molecule has 0 radical (unpaired) electrons. The number of carbonyl (C=O) groups excluding carboxylic acids is 1. The zero-order chi connectivity index (χ0) is 16.9. The van der Waals surface area contributed by atoms with Crippen molar-refractivity contribution in [3.05, 3.63) is 42.2 Å². The van der Waals surface area contributed by atoms with E-state index in [-0.39, 0.29) is 23.7 Å². The van der Waals surface area contributed by atoms with Crippen LogP contribution in [-0.2, 0) is 0 Å². The Bertz CT molecular complexity index is 782. The molecule has 0 N–H and O–H groups in total. The summed E-state index contributed by atoms with van der Waals surface area (Å²) < 4.78 is 2.28. The van der Waals surface area contributed by atoms with Crippen LogP contribution in [0.5, 0.6) is 0 Å². The number of nitrogens with zero attached hydrogens (tertiary/aromatic N) is 5. The average molecular weight is 374 g/mol. The van der Waals surface area contributed by atoms with Crippen LogP contribution in [0.2, 0.25) is 0 Å². The molecule has 3 fully saturated rings. The molecule has 1 saturated heterocycles. The quantitative estimate of drug-likeness (QED) is 0.828. The molecular weight excluding hydrogens is 350 g/mol. The van der Waals surface area contributed by atoms with Crippen LogP contribution in [0.15, 0.2) is 30.9 Å². The molecule has 2 aromatic heterocycles. The number of hydrogen-bond acceptors (Lipinski definition) is 4. The van der Waals surface area contributed by atoms with E-state index in [2.05, 4.69) is 19.7 Å². The van der Waals surface area contributed by atoms with Crippen LogP contribution in [0.1, 0.15) is 66.7 Å². The number of rotatable bonds is 3. The van der Waals surface area contributed by atoms with Gasteiger partial charge in [-0.3, -0.25) is 9.78 Å². The van der Waals surface area contributed by atoms with Crippen molar-refractivity contribution in [3.63, 3.8) is 0 Å². The fraction of sp³-hybridized carbons (Fsp3) is 0.579. The number of pyridine rings is 1. The van der Waals surface area contributed by atoms with Gasteiger partial charge in [0, 0.05) is 37.4 Å². The lowest BCUT2D eigenvalue weighted by molar-refractivity contribution is 0.0773. The van der Waals surface area contributed by atoms with Gasteiger partial charge in [0.1, 0.15) is 12.2 Å². The molecular formula is C19H24ClN5O. The lowest BCUT2D eigenvalue weighted by Crippen LogP contribution is -2.31. The highest BCUT2D eigenvalue weighted by Gasteiger charge is 2.52. The molecule has 138 valence electrons. The van der Waals surface area contributed by atoms with Crippen molar-refractivity contribution in [2.24, 2.45) is 5.41 Å². The third-order valence-corrected chi connectivity index (χ3v) is 6.30. The van der Waals surface area contributed by atoms with Crippen LogP contribution in [0.3, 0.4) is 0 Å². The molecule has 2 aromatic rings. The number of aromatic nitrogens is 4. The Balaban J connectivity index is 0.00000168. The molecule has 3 heterocycles. The van der Waals surface area contributed by atoms with Crippen LogP contribution in [0.25, 0.3) is 0 Å². The van der Waals surface area contributed by atoms with Gasteiger partial charge in [-0.25, -0.2) is 0 Å². The maximum atomic E-state index is 13.0. The van der Waals surface area contributed by atoms with Gasteiger partial charge in [-0.1, -0.05) is 12.8 Å². The van der Waals surface area contributed by atoms with Gasteiger partial charge in [0.05, 0.1) is 5.56 Å². The zero-order valence-electron chi connectivity index (χ0n) is 14.8. The number of likely N-dealkylation sites (tertiary alicyclic amines) is 1. The Morgan fingerprint density at radius 2 is 2.04 bits per heavy atom. The summed E-state index contributed by atoms with van der Waals surface area (Å²) in [6.45, 7) is 1.59. The summed E-state index contributed by atoms with van der Waals surface area (Å²) in [7, 11) is 0. The van der Waals surface area contributed by atoms with Gasteiger partial charge < -0.3 is 9.47 Å². The van der Waals surface area contributed by atoms with E-state index in [9.17, 15) is 4.79 Å². The molecule has 1 unspecified atom stereocenters. The largest absolute Gasteiger partial charge is 0.337 e. The maximum absolute atomic E-state index is 13.0. The highest BCUT2D eigenvalue weighted by atomic mass is 35.5. The molecule has 5 rings (SSSR count). The fourth-order valence-electron chi connectivity index (χ4n) is 4.87. The molecule has 26 heavy (non-hydrogen) atoms. The van der Waals surface area contributed by atoms with Crippen molar-refractivity contribution in [2.75, 3.05) is 13.1 Å². The second-order valence-electron chi connectivity index (χ2n) is 7.88. The summed E-state index contributed by atoms with van der Waals surface area (Å²) >= 11 is 0. The Morgan fingerprint density at radius 3 is 2.73 bits per heavy atom. The minimum Gasteiger partial charge on any atom is -0.337 e. The van der Waals surface area contributed by atoms with Crippen molar-refractivity contribution in [1.29, 1.82) is 0 Å². The lowest BCUT2D eigenvalue weighted by atomic mass is 9.76. The SMILES string of the molecule is Cl.O=C(c1cccnc1)N1CC(c2nncn2C2CC2)C2(CCCC2)C1. The van der Waals surface area contributed by atoms with Gasteiger partial charge in [0.25, 0.3) is 5.91 Å². The fourth-order valence-corrected chi connectivity index (χ4v) is 4.87. The van der Waals surface area contributed by atoms with E-state index in [4.69, 9.17) is 0 Å². The first-order valence-electron chi connectivity index (χ1n) is 9.36. The van der Waals surface area contributed by atoms with Crippen molar-refractivity contribution in [1.82, 2.24) is 24.6 Å². The minimum atomic E-state index is 0. The zero-order valence-corrected chi connectivity index (χ0v) is 15.6. The third-order valence-electron chi connectivity index (χ3n) is 6.30. The number of hydrogen-bond donors (Lipinski definition) is 0.